The average Bonchev–Trinajstić information content (AvgIpc) is 3.13. The molecule has 1 aromatic rings. The molecule has 2 heterocycles. The predicted octanol–water partition coefficient (Wildman–Crippen LogP) is 1.57. The van der Waals surface area contributed by atoms with E-state index in [1.807, 2.05) is 0 Å². The van der Waals surface area contributed by atoms with Crippen molar-refractivity contribution in [1.82, 2.24) is 20.5 Å². The van der Waals surface area contributed by atoms with Crippen molar-refractivity contribution in [3.05, 3.63) is 33.7 Å². The molecule has 0 aromatic carbocycles. The monoisotopic (exact) mass is 388 g/mol. The van der Waals surface area contributed by atoms with Crippen molar-refractivity contribution >= 4 is 11.8 Å². The Morgan fingerprint density at radius 1 is 1.18 bits per heavy atom. The number of amides is 2. The third-order valence-corrected chi connectivity index (χ3v) is 6.09. The first-order valence-corrected chi connectivity index (χ1v) is 10.5. The molecule has 0 bridgehead atoms. The lowest BCUT2D eigenvalue weighted by molar-refractivity contribution is -0.126. The number of rotatable bonds is 6. The number of hydrogen-bond acceptors (Lipinski definition) is 4. The van der Waals surface area contributed by atoms with Gasteiger partial charge in [0, 0.05) is 41.9 Å². The first-order valence-electron chi connectivity index (χ1n) is 10.5. The number of nitrogens with one attached hydrogen (secondary N) is 3. The molecular weight excluding hydrogens is 356 g/mol. The Balaban J connectivity index is 1.43. The minimum atomic E-state index is -0.269. The number of aromatic nitrogens is 1. The third kappa shape index (κ3) is 5.22. The maximum absolute atomic E-state index is 12.5. The zero-order valence-corrected chi connectivity index (χ0v) is 16.9. The van der Waals surface area contributed by atoms with E-state index in [2.05, 4.69) is 27.4 Å². The van der Waals surface area contributed by atoms with Gasteiger partial charge in [-0.25, -0.2) is 0 Å². The van der Waals surface area contributed by atoms with Gasteiger partial charge in [-0.15, -0.1) is 0 Å². The van der Waals surface area contributed by atoms with Gasteiger partial charge in [0.25, 0.3) is 5.91 Å². The number of carbonyl (C=O) groups excluding carboxylic acids is 2. The zero-order chi connectivity index (χ0) is 20.1. The van der Waals surface area contributed by atoms with Gasteiger partial charge in [-0.05, 0) is 64.6 Å². The van der Waals surface area contributed by atoms with Crippen LogP contribution in [-0.4, -0.2) is 53.4 Å². The summed E-state index contributed by atoms with van der Waals surface area (Å²) >= 11 is 0. The van der Waals surface area contributed by atoms with Gasteiger partial charge in [-0.1, -0.05) is 6.92 Å². The van der Waals surface area contributed by atoms with Gasteiger partial charge < -0.3 is 15.6 Å². The Morgan fingerprint density at radius 3 is 2.61 bits per heavy atom. The fourth-order valence-electron chi connectivity index (χ4n) is 4.49. The van der Waals surface area contributed by atoms with E-state index in [0.717, 1.165) is 51.7 Å². The van der Waals surface area contributed by atoms with Gasteiger partial charge >= 0.3 is 0 Å². The van der Waals surface area contributed by atoms with E-state index in [4.69, 9.17) is 0 Å². The summed E-state index contributed by atoms with van der Waals surface area (Å²) in [4.78, 5) is 41.5. The molecule has 1 atom stereocenters. The van der Waals surface area contributed by atoms with E-state index in [9.17, 15) is 14.4 Å². The fraction of sp³-hybridized carbons (Fsp3) is 0.667. The number of pyridine rings is 1. The summed E-state index contributed by atoms with van der Waals surface area (Å²) in [5, 5.41) is 6.16. The lowest BCUT2D eigenvalue weighted by Crippen LogP contribution is -2.44. The number of nitrogens with zero attached hydrogens (tertiary/aromatic N) is 1. The summed E-state index contributed by atoms with van der Waals surface area (Å²) in [6.07, 6.45) is 5.52. The van der Waals surface area contributed by atoms with Gasteiger partial charge in [0.1, 0.15) is 0 Å². The normalized spacial score (nSPS) is 25.4. The second kappa shape index (κ2) is 9.37. The first-order chi connectivity index (χ1) is 13.5. The van der Waals surface area contributed by atoms with Crippen LogP contribution in [0.3, 0.4) is 0 Å². The van der Waals surface area contributed by atoms with E-state index in [1.165, 1.54) is 12.5 Å². The summed E-state index contributed by atoms with van der Waals surface area (Å²) < 4.78 is 0. The summed E-state index contributed by atoms with van der Waals surface area (Å²) in [6.45, 7) is 6.84. The first kappa shape index (κ1) is 20.6. The van der Waals surface area contributed by atoms with Crippen LogP contribution in [0.1, 0.15) is 61.5 Å². The Kier molecular flexibility index (Phi) is 6.88. The van der Waals surface area contributed by atoms with Crippen LogP contribution in [0.4, 0.5) is 0 Å². The lowest BCUT2D eigenvalue weighted by Gasteiger charge is -2.29. The highest BCUT2D eigenvalue weighted by atomic mass is 16.2. The molecule has 1 saturated carbocycles. The van der Waals surface area contributed by atoms with Crippen molar-refractivity contribution in [3.8, 4) is 0 Å². The van der Waals surface area contributed by atoms with Crippen LogP contribution < -0.4 is 16.2 Å². The molecule has 1 saturated heterocycles. The zero-order valence-electron chi connectivity index (χ0n) is 16.9. The number of likely N-dealkylation sites (N-methyl/N-ethyl adjacent to an activating group) is 1. The van der Waals surface area contributed by atoms with Crippen LogP contribution in [0.2, 0.25) is 0 Å². The maximum atomic E-state index is 12.5. The second-order valence-corrected chi connectivity index (χ2v) is 8.11. The molecule has 154 valence electrons. The topological polar surface area (TPSA) is 94.3 Å². The number of carbonyl (C=O) groups is 2. The van der Waals surface area contributed by atoms with E-state index >= 15 is 0 Å². The van der Waals surface area contributed by atoms with E-state index in [1.54, 1.807) is 13.0 Å². The van der Waals surface area contributed by atoms with Gasteiger partial charge in [0.2, 0.25) is 11.5 Å². The average molecular weight is 389 g/mol. The van der Waals surface area contributed by atoms with Crippen LogP contribution in [0.5, 0.6) is 0 Å². The van der Waals surface area contributed by atoms with Crippen LogP contribution in [-0.2, 0) is 4.79 Å². The maximum Gasteiger partial charge on any atom is 0.251 e. The largest absolute Gasteiger partial charge is 0.354 e. The summed E-state index contributed by atoms with van der Waals surface area (Å²) in [5.74, 6) is -0.0348. The molecule has 2 aliphatic rings. The Hall–Kier alpha value is -2.15. The summed E-state index contributed by atoms with van der Waals surface area (Å²) in [5.41, 5.74) is 0.787. The predicted molar refractivity (Wildman–Crippen MR) is 108 cm³/mol. The molecule has 3 N–H and O–H groups in total. The molecule has 7 nitrogen and oxygen atoms in total. The molecule has 7 heteroatoms. The molecule has 1 aliphatic heterocycles. The molecule has 28 heavy (non-hydrogen) atoms. The van der Waals surface area contributed by atoms with E-state index in [-0.39, 0.29) is 29.3 Å². The molecule has 0 unspecified atom stereocenters. The number of hydrogen-bond donors (Lipinski definition) is 3. The number of aromatic amines is 1. The minimum absolute atomic E-state index is 0.0337. The van der Waals surface area contributed by atoms with Crippen LogP contribution in [0, 0.1) is 12.8 Å². The molecule has 2 fully saturated rings. The Bertz CT molecular complexity index is 752. The van der Waals surface area contributed by atoms with Crippen molar-refractivity contribution in [2.75, 3.05) is 19.6 Å². The Labute approximate surface area is 166 Å². The van der Waals surface area contributed by atoms with Crippen LogP contribution in [0.25, 0.3) is 0 Å². The smallest absolute Gasteiger partial charge is 0.251 e. The highest BCUT2D eigenvalue weighted by Gasteiger charge is 2.29. The lowest BCUT2D eigenvalue weighted by atomic mass is 9.85. The highest BCUT2D eigenvalue weighted by molar-refractivity contribution is 5.94. The van der Waals surface area contributed by atoms with Crippen molar-refractivity contribution in [3.63, 3.8) is 0 Å². The van der Waals surface area contributed by atoms with Gasteiger partial charge in [-0.2, -0.15) is 0 Å². The van der Waals surface area contributed by atoms with Gasteiger partial charge in [0.15, 0.2) is 0 Å². The fourth-order valence-corrected chi connectivity index (χ4v) is 4.49. The number of likely N-dealkylation sites (tertiary alicyclic amines) is 1. The molecule has 2 amide bonds. The molecular formula is C21H32N4O3. The second-order valence-electron chi connectivity index (χ2n) is 8.11. The number of aryl methyl sites for hydroxylation is 1. The van der Waals surface area contributed by atoms with Crippen LogP contribution >= 0.6 is 0 Å². The molecule has 1 aromatic heterocycles. The van der Waals surface area contributed by atoms with Gasteiger partial charge in [-0.3, -0.25) is 19.3 Å². The van der Waals surface area contributed by atoms with Gasteiger partial charge in [0.05, 0.1) is 0 Å². The van der Waals surface area contributed by atoms with E-state index < -0.39 is 0 Å². The summed E-state index contributed by atoms with van der Waals surface area (Å²) in [7, 11) is 0. The molecule has 0 radical (unpaired) electrons. The Morgan fingerprint density at radius 2 is 1.93 bits per heavy atom. The summed E-state index contributed by atoms with van der Waals surface area (Å²) in [6, 6.07) is 3.53. The van der Waals surface area contributed by atoms with Crippen molar-refractivity contribution in [2.24, 2.45) is 5.92 Å². The highest BCUT2D eigenvalue weighted by Crippen LogP contribution is 2.25. The van der Waals surface area contributed by atoms with Crippen molar-refractivity contribution in [1.29, 1.82) is 0 Å². The number of H-pyrrole nitrogens is 1. The minimum Gasteiger partial charge on any atom is -0.354 e. The standard InChI is InChI=1S/C21H32N4O3/c1-3-25-10-4-5-18(25)13-22-20(27)15-6-8-17(9-7-15)24-21(28)16-11-14(2)23-19(26)12-16/h11-12,15,17-18H,3-10,13H2,1-2H3,(H,22,27)(H,23,26)(H,24,28)/t15?,17?,18-/m0/s1. The van der Waals surface area contributed by atoms with Crippen molar-refractivity contribution in [2.45, 2.75) is 64.5 Å². The quantitative estimate of drug-likeness (QED) is 0.690. The molecule has 3 rings (SSSR count). The molecule has 0 spiro atoms. The van der Waals surface area contributed by atoms with Crippen LogP contribution in [0.15, 0.2) is 16.9 Å². The third-order valence-electron chi connectivity index (χ3n) is 6.09. The van der Waals surface area contributed by atoms with Crippen molar-refractivity contribution < 1.29 is 9.59 Å². The SMILES string of the molecule is CCN1CCC[C@H]1CNC(=O)C1CCC(NC(=O)c2cc(C)[nH]c(=O)c2)CC1. The van der Waals surface area contributed by atoms with E-state index in [0.29, 0.717) is 17.3 Å². The molecule has 1 aliphatic carbocycles.